The molecule has 0 aliphatic carbocycles. The van der Waals surface area contributed by atoms with E-state index >= 15 is 0 Å². The van der Waals surface area contributed by atoms with Crippen molar-refractivity contribution in [1.29, 1.82) is 0 Å². The predicted octanol–water partition coefficient (Wildman–Crippen LogP) is 1.02. The molecule has 17 heavy (non-hydrogen) atoms. The van der Waals surface area contributed by atoms with Gasteiger partial charge < -0.3 is 5.11 Å². The van der Waals surface area contributed by atoms with Crippen LogP contribution in [0.2, 0.25) is 0 Å². The molecule has 1 aliphatic heterocycles. The normalized spacial score (nSPS) is 17.9. The Morgan fingerprint density at radius 1 is 1.53 bits per heavy atom. The van der Waals surface area contributed by atoms with Crippen molar-refractivity contribution < 1.29 is 18.3 Å². The number of hydrogen-bond acceptors (Lipinski definition) is 4. The van der Waals surface area contributed by atoms with Crippen molar-refractivity contribution in [3.8, 4) is 0 Å². The van der Waals surface area contributed by atoms with Gasteiger partial charge in [0.15, 0.2) is 0 Å². The van der Waals surface area contributed by atoms with Gasteiger partial charge in [0.1, 0.15) is 4.21 Å². The van der Waals surface area contributed by atoms with Gasteiger partial charge in [-0.1, -0.05) is 6.92 Å². The number of rotatable bonds is 4. The zero-order chi connectivity index (χ0) is 12.6. The molecule has 94 valence electrons. The Morgan fingerprint density at radius 2 is 2.18 bits per heavy atom. The first kappa shape index (κ1) is 12.5. The van der Waals surface area contributed by atoms with Crippen LogP contribution in [-0.4, -0.2) is 36.9 Å². The number of carboxylic acid groups (broad SMARTS) is 1. The summed E-state index contributed by atoms with van der Waals surface area (Å²) in [5, 5.41) is 8.71. The smallest absolute Gasteiger partial charge is 0.309 e. The maximum absolute atomic E-state index is 12.1. The molecule has 0 unspecified atom stereocenters. The Kier molecular flexibility index (Phi) is 3.24. The summed E-state index contributed by atoms with van der Waals surface area (Å²) in [6.07, 6.45) is 0.804. The van der Waals surface area contributed by atoms with Crippen molar-refractivity contribution in [2.75, 3.05) is 13.1 Å². The number of aryl methyl sites for hydroxylation is 1. The summed E-state index contributed by atoms with van der Waals surface area (Å²) in [5.74, 6) is -1.49. The van der Waals surface area contributed by atoms with Gasteiger partial charge in [0.05, 0.1) is 5.92 Å². The fourth-order valence-corrected chi connectivity index (χ4v) is 4.59. The van der Waals surface area contributed by atoms with Crippen LogP contribution in [0.1, 0.15) is 11.8 Å². The summed E-state index contributed by atoms with van der Waals surface area (Å²) in [6, 6.07) is 3.39. The SMILES string of the molecule is CCc1ccc(S(=O)(=O)N2CC(C(=O)O)C2)s1. The zero-order valence-corrected chi connectivity index (χ0v) is 10.9. The van der Waals surface area contributed by atoms with Crippen LogP contribution in [0.3, 0.4) is 0 Å². The molecule has 0 spiro atoms. The molecule has 2 rings (SSSR count). The second kappa shape index (κ2) is 4.40. The molecule has 0 amide bonds. The summed E-state index contributed by atoms with van der Waals surface area (Å²) in [4.78, 5) is 11.6. The van der Waals surface area contributed by atoms with Crippen LogP contribution in [0.25, 0.3) is 0 Å². The molecule has 0 atom stereocenters. The van der Waals surface area contributed by atoms with Crippen molar-refractivity contribution in [1.82, 2.24) is 4.31 Å². The zero-order valence-electron chi connectivity index (χ0n) is 9.29. The van der Waals surface area contributed by atoms with Crippen molar-refractivity contribution >= 4 is 27.3 Å². The average Bonchev–Trinajstić information content (AvgIpc) is 2.62. The molecular formula is C10H13NO4S2. The molecule has 0 bridgehead atoms. The second-order valence-electron chi connectivity index (χ2n) is 3.93. The number of nitrogens with zero attached hydrogens (tertiary/aromatic N) is 1. The van der Waals surface area contributed by atoms with E-state index in [4.69, 9.17) is 5.11 Å². The lowest BCUT2D eigenvalue weighted by Gasteiger charge is -2.34. The van der Waals surface area contributed by atoms with E-state index in [-0.39, 0.29) is 13.1 Å². The van der Waals surface area contributed by atoms with E-state index in [1.807, 2.05) is 6.92 Å². The Morgan fingerprint density at radius 3 is 2.65 bits per heavy atom. The molecule has 0 aromatic carbocycles. The summed E-state index contributed by atoms with van der Waals surface area (Å²) < 4.78 is 25.6. The molecule has 1 fully saturated rings. The number of aliphatic carboxylic acids is 1. The molecule has 0 saturated carbocycles. The van der Waals surface area contributed by atoms with Crippen LogP contribution in [0.5, 0.6) is 0 Å². The molecule has 1 aromatic rings. The van der Waals surface area contributed by atoms with Gasteiger partial charge in [-0.2, -0.15) is 4.31 Å². The molecule has 1 aromatic heterocycles. The minimum atomic E-state index is -3.47. The van der Waals surface area contributed by atoms with Gasteiger partial charge >= 0.3 is 5.97 Å². The lowest BCUT2D eigenvalue weighted by Crippen LogP contribution is -2.52. The third-order valence-electron chi connectivity index (χ3n) is 2.78. The first-order valence-electron chi connectivity index (χ1n) is 5.26. The number of carbonyl (C=O) groups is 1. The molecule has 1 saturated heterocycles. The van der Waals surface area contributed by atoms with Crippen LogP contribution in [-0.2, 0) is 21.2 Å². The minimum absolute atomic E-state index is 0.0804. The highest BCUT2D eigenvalue weighted by atomic mass is 32.2. The molecule has 0 radical (unpaired) electrons. The Bertz CT molecular complexity index is 528. The topological polar surface area (TPSA) is 74.7 Å². The summed E-state index contributed by atoms with van der Waals surface area (Å²) in [5.41, 5.74) is 0. The quantitative estimate of drug-likeness (QED) is 0.890. The molecule has 5 nitrogen and oxygen atoms in total. The largest absolute Gasteiger partial charge is 0.481 e. The van der Waals surface area contributed by atoms with Gasteiger partial charge in [0.25, 0.3) is 10.0 Å². The molecule has 7 heteroatoms. The third kappa shape index (κ3) is 2.22. The maximum Gasteiger partial charge on any atom is 0.309 e. The molecule has 2 heterocycles. The Balaban J connectivity index is 2.13. The maximum atomic E-state index is 12.1. The third-order valence-corrected chi connectivity index (χ3v) is 6.31. The monoisotopic (exact) mass is 275 g/mol. The van der Waals surface area contributed by atoms with Gasteiger partial charge in [-0.25, -0.2) is 8.42 Å². The van der Waals surface area contributed by atoms with Crippen LogP contribution < -0.4 is 0 Å². The van der Waals surface area contributed by atoms with E-state index in [0.717, 1.165) is 11.3 Å². The molecule has 1 N–H and O–H groups in total. The molecule has 1 aliphatic rings. The van der Waals surface area contributed by atoms with E-state index in [1.54, 1.807) is 12.1 Å². The second-order valence-corrected chi connectivity index (χ2v) is 7.26. The summed E-state index contributed by atoms with van der Waals surface area (Å²) in [6.45, 7) is 2.13. The summed E-state index contributed by atoms with van der Waals surface area (Å²) in [7, 11) is -3.47. The standard InChI is InChI=1S/C10H13NO4S2/c1-2-8-3-4-9(16-8)17(14,15)11-5-7(6-11)10(12)13/h3-4,7H,2,5-6H2,1H3,(H,12,13). The van der Waals surface area contributed by atoms with Gasteiger partial charge in [0, 0.05) is 18.0 Å². The highest BCUT2D eigenvalue weighted by Crippen LogP contribution is 2.29. The van der Waals surface area contributed by atoms with Gasteiger partial charge in [-0.05, 0) is 18.6 Å². The molecular weight excluding hydrogens is 262 g/mol. The van der Waals surface area contributed by atoms with Gasteiger partial charge in [-0.3, -0.25) is 4.79 Å². The number of thiophene rings is 1. The van der Waals surface area contributed by atoms with E-state index < -0.39 is 21.9 Å². The Hall–Kier alpha value is -0.920. The lowest BCUT2D eigenvalue weighted by molar-refractivity contribution is -0.145. The fraction of sp³-hybridized carbons (Fsp3) is 0.500. The van der Waals surface area contributed by atoms with E-state index in [2.05, 4.69) is 0 Å². The average molecular weight is 275 g/mol. The first-order valence-corrected chi connectivity index (χ1v) is 7.52. The van der Waals surface area contributed by atoms with Gasteiger partial charge in [0.2, 0.25) is 0 Å². The van der Waals surface area contributed by atoms with E-state index in [0.29, 0.717) is 4.21 Å². The van der Waals surface area contributed by atoms with Crippen molar-refractivity contribution in [2.45, 2.75) is 17.6 Å². The van der Waals surface area contributed by atoms with Crippen LogP contribution in [0.15, 0.2) is 16.3 Å². The fourth-order valence-electron chi connectivity index (χ4n) is 1.60. The van der Waals surface area contributed by atoms with Crippen molar-refractivity contribution in [3.63, 3.8) is 0 Å². The van der Waals surface area contributed by atoms with Crippen LogP contribution in [0.4, 0.5) is 0 Å². The predicted molar refractivity (Wildman–Crippen MR) is 63.6 cm³/mol. The van der Waals surface area contributed by atoms with Crippen LogP contribution >= 0.6 is 11.3 Å². The van der Waals surface area contributed by atoms with E-state index in [1.165, 1.54) is 15.6 Å². The van der Waals surface area contributed by atoms with E-state index in [9.17, 15) is 13.2 Å². The van der Waals surface area contributed by atoms with Crippen molar-refractivity contribution in [3.05, 3.63) is 17.0 Å². The number of sulfonamides is 1. The highest BCUT2D eigenvalue weighted by Gasteiger charge is 2.40. The number of hydrogen-bond donors (Lipinski definition) is 1. The van der Waals surface area contributed by atoms with Gasteiger partial charge in [-0.15, -0.1) is 11.3 Å². The Labute approximate surface area is 104 Å². The highest BCUT2D eigenvalue weighted by molar-refractivity contribution is 7.91. The van der Waals surface area contributed by atoms with Crippen LogP contribution in [0, 0.1) is 5.92 Å². The summed E-state index contributed by atoms with van der Waals surface area (Å²) >= 11 is 1.25. The van der Waals surface area contributed by atoms with Crippen molar-refractivity contribution in [2.24, 2.45) is 5.92 Å². The minimum Gasteiger partial charge on any atom is -0.481 e. The lowest BCUT2D eigenvalue weighted by atomic mass is 10.0. The first-order chi connectivity index (χ1) is 7.95. The number of carboxylic acids is 1.